The smallest absolute Gasteiger partial charge is 0.317 e. The number of rotatable bonds is 9. The maximum absolute atomic E-state index is 15.4. The Labute approximate surface area is 388 Å². The molecule has 368 valence electrons. The van der Waals surface area contributed by atoms with Crippen LogP contribution in [0, 0.1) is 62.1 Å². The first kappa shape index (κ1) is 50.3. The molecule has 0 spiro atoms. The highest BCUT2D eigenvalue weighted by Gasteiger charge is 2.72. The summed E-state index contributed by atoms with van der Waals surface area (Å²) in [6.45, 7) is 27.6. The number of aliphatic hydroxyl groups excluding tert-OH is 2. The molecule has 0 aromatic carbocycles. The van der Waals surface area contributed by atoms with Gasteiger partial charge in [-0.25, -0.2) is 0 Å². The van der Waals surface area contributed by atoms with Crippen molar-refractivity contribution in [2.24, 2.45) is 62.1 Å². The molecule has 5 aliphatic carbocycles. The van der Waals surface area contributed by atoms with Gasteiger partial charge in [0.05, 0.1) is 24.2 Å². The zero-order chi connectivity index (χ0) is 48.0. The van der Waals surface area contributed by atoms with E-state index in [4.69, 9.17) is 33.2 Å². The molecule has 6 fully saturated rings. The Kier molecular flexibility index (Phi) is 13.7. The first-order valence-electron chi connectivity index (χ1n) is 25.0. The van der Waals surface area contributed by atoms with E-state index in [0.29, 0.717) is 37.5 Å². The molecule has 2 N–H and O–H groups in total. The molecule has 0 radical (unpaired) electrons. The van der Waals surface area contributed by atoms with E-state index < -0.39 is 96.4 Å². The summed E-state index contributed by atoms with van der Waals surface area (Å²) in [7, 11) is 0. The second kappa shape index (κ2) is 17.7. The average Bonchev–Trinajstić information content (AvgIpc) is 3.20. The highest BCUT2D eigenvalue weighted by molar-refractivity contribution is 5.80. The molecule has 0 bridgehead atoms. The topological polar surface area (TPSA) is 173 Å². The Bertz CT molecular complexity index is 1860. The summed E-state index contributed by atoms with van der Waals surface area (Å²) in [5.41, 5.74) is -0.636. The number of allylic oxidation sites excluding steroid dienone is 2. The largest absolute Gasteiger partial charge is 0.459 e. The van der Waals surface area contributed by atoms with Crippen molar-refractivity contribution in [2.75, 3.05) is 0 Å². The summed E-state index contributed by atoms with van der Waals surface area (Å²) in [6.07, 6.45) is 2.04. The number of esters is 4. The van der Waals surface area contributed by atoms with Gasteiger partial charge in [-0.2, -0.15) is 0 Å². The van der Waals surface area contributed by atoms with Gasteiger partial charge in [-0.05, 0) is 115 Å². The third-order valence-corrected chi connectivity index (χ3v) is 19.2. The highest BCUT2D eigenvalue weighted by atomic mass is 16.7. The van der Waals surface area contributed by atoms with Crippen molar-refractivity contribution >= 4 is 23.9 Å². The van der Waals surface area contributed by atoms with Crippen LogP contribution in [0.5, 0.6) is 0 Å². The lowest BCUT2D eigenvalue weighted by atomic mass is 9.33. The van der Waals surface area contributed by atoms with E-state index in [1.807, 2.05) is 20.8 Å². The molecule has 4 saturated carbocycles. The van der Waals surface area contributed by atoms with Gasteiger partial charge in [0.15, 0.2) is 12.4 Å². The third-order valence-electron chi connectivity index (χ3n) is 19.2. The van der Waals surface area contributed by atoms with E-state index in [1.54, 1.807) is 6.92 Å². The predicted octanol–water partition coefficient (Wildman–Crippen LogP) is 8.39. The zero-order valence-electron chi connectivity index (χ0n) is 41.9. The van der Waals surface area contributed by atoms with Crippen LogP contribution in [0.4, 0.5) is 0 Å². The van der Waals surface area contributed by atoms with Crippen molar-refractivity contribution < 1.29 is 62.5 Å². The van der Waals surface area contributed by atoms with Gasteiger partial charge in [-0.15, -0.1) is 0 Å². The second-order valence-corrected chi connectivity index (χ2v) is 23.7. The third kappa shape index (κ3) is 8.22. The monoisotopic (exact) mass is 915 g/mol. The fourth-order valence-corrected chi connectivity index (χ4v) is 15.3. The maximum atomic E-state index is 15.4. The highest BCUT2D eigenvalue weighted by Crippen LogP contribution is 2.76. The Morgan fingerprint density at radius 3 is 1.82 bits per heavy atom. The number of hydrogen-bond acceptors (Lipinski definition) is 13. The van der Waals surface area contributed by atoms with E-state index in [0.717, 1.165) is 44.9 Å². The van der Waals surface area contributed by atoms with E-state index in [2.05, 4.69) is 54.5 Å². The van der Waals surface area contributed by atoms with E-state index in [-0.39, 0.29) is 39.1 Å². The first-order chi connectivity index (χ1) is 30.2. The molecule has 0 aromatic rings. The summed E-state index contributed by atoms with van der Waals surface area (Å²) in [5.74, 6) is -2.90. The Morgan fingerprint density at radius 2 is 1.22 bits per heavy atom. The van der Waals surface area contributed by atoms with Crippen LogP contribution in [0.2, 0.25) is 0 Å². The minimum atomic E-state index is -1.21. The molecule has 7 rings (SSSR count). The van der Waals surface area contributed by atoms with Gasteiger partial charge in [0.25, 0.3) is 0 Å². The van der Waals surface area contributed by atoms with Gasteiger partial charge in [-0.3, -0.25) is 19.2 Å². The van der Waals surface area contributed by atoms with Crippen LogP contribution in [0.15, 0.2) is 11.6 Å². The number of carbonyl (C=O) groups excluding carboxylic acids is 4. The average molecular weight is 915 g/mol. The quantitative estimate of drug-likeness (QED) is 0.128. The minimum absolute atomic E-state index is 0.0323. The Morgan fingerprint density at radius 1 is 0.662 bits per heavy atom. The fraction of sp³-hybridized carbons (Fsp3) is 0.885. The molecule has 0 aromatic heterocycles. The number of ether oxygens (including phenoxy) is 7. The normalized spacial score (nSPS) is 47.6. The molecule has 2 aliphatic heterocycles. The van der Waals surface area contributed by atoms with Crippen LogP contribution < -0.4 is 0 Å². The van der Waals surface area contributed by atoms with Crippen LogP contribution in [0.25, 0.3) is 0 Å². The van der Waals surface area contributed by atoms with Crippen molar-refractivity contribution in [2.45, 2.75) is 229 Å². The summed E-state index contributed by atoms with van der Waals surface area (Å²) >= 11 is 0. The van der Waals surface area contributed by atoms with Crippen molar-refractivity contribution in [1.82, 2.24) is 0 Å². The van der Waals surface area contributed by atoms with Crippen molar-refractivity contribution in [1.29, 1.82) is 0 Å². The van der Waals surface area contributed by atoms with Crippen LogP contribution in [-0.4, -0.2) is 95.5 Å². The van der Waals surface area contributed by atoms with E-state index in [1.165, 1.54) is 26.3 Å². The van der Waals surface area contributed by atoms with Crippen LogP contribution in [-0.2, 0) is 52.3 Å². The van der Waals surface area contributed by atoms with Gasteiger partial charge in [-0.1, -0.05) is 87.8 Å². The SMILES string of the molecule is CCC1O[C@H](O[C@H]2C(CC)O[C@H](OC(=O)[C@]34CCC(C)(C)C[C@H]3C3=CC[C@@H]5[C@@]6(C)CC[C@H](O)C(C)(C)[C@@H]6CC[C@@]5(C)[C@]3(C)CC4O)[C@H](C)C2OC(C)=O)[C@H](C)C(OC(C)=O)[C@@H]1OC(C)=O. The van der Waals surface area contributed by atoms with Gasteiger partial charge in [0.2, 0.25) is 6.29 Å². The zero-order valence-corrected chi connectivity index (χ0v) is 41.9. The van der Waals surface area contributed by atoms with Gasteiger partial charge in [0, 0.05) is 26.7 Å². The molecule has 19 atom stereocenters. The minimum Gasteiger partial charge on any atom is -0.459 e. The molecule has 65 heavy (non-hydrogen) atoms. The summed E-state index contributed by atoms with van der Waals surface area (Å²) in [6, 6.07) is 0. The van der Waals surface area contributed by atoms with Gasteiger partial charge < -0.3 is 43.4 Å². The first-order valence-corrected chi connectivity index (χ1v) is 25.0. The Hall–Kier alpha value is -2.58. The molecule has 0 amide bonds. The van der Waals surface area contributed by atoms with Crippen LogP contribution in [0.3, 0.4) is 0 Å². The molecule has 7 aliphatic rings. The summed E-state index contributed by atoms with van der Waals surface area (Å²) in [4.78, 5) is 52.7. The lowest BCUT2D eigenvalue weighted by Crippen LogP contribution is -2.68. The lowest BCUT2D eigenvalue weighted by Gasteiger charge is -2.71. The molecule has 5 unspecified atom stereocenters. The van der Waals surface area contributed by atoms with Crippen LogP contribution >= 0.6 is 0 Å². The molecule has 13 nitrogen and oxygen atoms in total. The molecule has 2 saturated heterocycles. The summed E-state index contributed by atoms with van der Waals surface area (Å²) in [5, 5.41) is 24.1. The van der Waals surface area contributed by atoms with Crippen molar-refractivity contribution in [3.8, 4) is 0 Å². The van der Waals surface area contributed by atoms with Crippen molar-refractivity contribution in [3.63, 3.8) is 0 Å². The van der Waals surface area contributed by atoms with Gasteiger partial charge in [0.1, 0.15) is 29.8 Å². The standard InChI is InChI=1S/C52H82O13/c1-15-34-42(61-31(7)55)40(59-29(5)53)27(3)44(62-34)64-43-35(16-2)63-45(28(4)41(43)60-30(6)54)65-46(58)52-24-23-47(8,9)25-33(52)32-17-18-37-49(12)21-20-38(56)48(10,11)36(49)19-22-50(37,13)51(32,14)26-39(52)57/h17,27-28,33-45,56-57H,15-16,18-26H2,1-14H3/t27-,28-,33+,34?,35?,36+,37-,38+,39?,40?,41?,42-,43+,44-,45-,49+,50-,51-,52-/m1/s1. The number of hydrogen-bond donors (Lipinski definition) is 2. The predicted molar refractivity (Wildman–Crippen MR) is 240 cm³/mol. The molecular weight excluding hydrogens is 833 g/mol. The van der Waals surface area contributed by atoms with Crippen LogP contribution in [0.1, 0.15) is 168 Å². The fourth-order valence-electron chi connectivity index (χ4n) is 15.3. The van der Waals surface area contributed by atoms with Crippen molar-refractivity contribution in [3.05, 3.63) is 11.6 Å². The second-order valence-electron chi connectivity index (χ2n) is 23.7. The van der Waals surface area contributed by atoms with E-state index >= 15 is 4.79 Å². The maximum Gasteiger partial charge on any atom is 0.317 e. The number of aliphatic hydroxyl groups is 2. The number of carbonyl (C=O) groups is 4. The number of fused-ring (bicyclic) bond motifs is 7. The summed E-state index contributed by atoms with van der Waals surface area (Å²) < 4.78 is 43.9. The van der Waals surface area contributed by atoms with Gasteiger partial charge >= 0.3 is 23.9 Å². The Balaban J connectivity index is 1.18. The molecule has 2 heterocycles. The molecule has 13 heteroatoms. The lowest BCUT2D eigenvalue weighted by molar-refractivity contribution is -0.340. The molecular formula is C52H82O13. The van der Waals surface area contributed by atoms with E-state index in [9.17, 15) is 24.6 Å².